The highest BCUT2D eigenvalue weighted by atomic mass is 35.5. The van der Waals surface area contributed by atoms with Crippen molar-refractivity contribution < 1.29 is 4.42 Å². The predicted molar refractivity (Wildman–Crippen MR) is 187 cm³/mol. The maximum Gasteiger partial charge on any atom is 0.223 e. The van der Waals surface area contributed by atoms with Crippen LogP contribution < -0.4 is 60.1 Å². The minimum Gasteiger partial charge on any atom is -0.456 e. The molecule has 0 saturated heterocycles. The maximum absolute atomic E-state index is 6.81. The van der Waals surface area contributed by atoms with Gasteiger partial charge >= 0.3 is 0 Å². The van der Waals surface area contributed by atoms with Crippen molar-refractivity contribution in [3.63, 3.8) is 0 Å². The van der Waals surface area contributed by atoms with E-state index in [9.17, 15) is 0 Å². The number of hydrogen-bond donors (Lipinski definition) is 0. The summed E-state index contributed by atoms with van der Waals surface area (Å²) in [5.74, 6) is 0. The molecule has 0 N–H and O–H groups in total. The van der Waals surface area contributed by atoms with Crippen LogP contribution in [0.3, 0.4) is 0 Å². The second-order valence-corrected chi connectivity index (χ2v) is 10.7. The van der Waals surface area contributed by atoms with E-state index >= 15 is 0 Å². The summed E-state index contributed by atoms with van der Waals surface area (Å²) >= 11 is 6.58. The van der Waals surface area contributed by atoms with Crippen molar-refractivity contribution in [3.05, 3.63) is 5.28 Å². The van der Waals surface area contributed by atoms with Gasteiger partial charge < -0.3 is 4.42 Å². The Balaban J connectivity index is 2.11. The number of furan rings is 1. The first-order valence-corrected chi connectivity index (χ1v) is 12.6. The zero-order valence-electron chi connectivity index (χ0n) is 22.7. The topological polar surface area (TPSA) is 38.9 Å². The lowest BCUT2D eigenvalue weighted by Crippen LogP contribution is -2.48. The molecule has 0 spiro atoms. The molecule has 2 aromatic heterocycles. The number of aromatic nitrogens is 2. The van der Waals surface area contributed by atoms with Crippen LogP contribution in [0.25, 0.3) is 44.1 Å². The summed E-state index contributed by atoms with van der Waals surface area (Å²) in [6.07, 6.45) is 0. The molecule has 0 saturated carbocycles. The Morgan fingerprint density at radius 3 is 1.51 bits per heavy atom. The third-order valence-corrected chi connectivity index (χ3v) is 9.12. The molecule has 0 aliphatic carbocycles. The number of hydrogen-bond acceptors (Lipinski definition) is 3. The van der Waals surface area contributed by atoms with E-state index in [-0.39, 0.29) is 5.28 Å². The Hall–Kier alpha value is -2.20. The summed E-state index contributed by atoms with van der Waals surface area (Å²) in [5, 5.41) is 3.72. The molecular weight excluding hydrogens is 439 g/mol. The van der Waals surface area contributed by atoms with Crippen LogP contribution in [0.2, 0.25) is 5.28 Å². The van der Waals surface area contributed by atoms with E-state index in [2.05, 4.69) is 86.3 Å². The Kier molecular flexibility index (Phi) is 5.71. The molecular formula is C20H22B11ClN2O. The van der Waals surface area contributed by atoms with E-state index in [1.165, 1.54) is 65.4 Å². The highest BCUT2D eigenvalue weighted by Gasteiger charge is 2.26. The second kappa shape index (κ2) is 8.16. The fraction of sp³-hybridized carbons (Fsp3) is 0. The molecule has 0 amide bonds. The molecule has 0 radical (unpaired) electrons. The average Bonchev–Trinajstić information content (AvgIpc) is 3.22. The first kappa shape index (κ1) is 24.5. The molecule has 3 nitrogen and oxygen atoms in total. The van der Waals surface area contributed by atoms with E-state index in [1.807, 2.05) is 0 Å². The van der Waals surface area contributed by atoms with E-state index in [4.69, 9.17) is 26.0 Å². The number of benzene rings is 3. The van der Waals surface area contributed by atoms with Crippen LogP contribution in [0.1, 0.15) is 0 Å². The van der Waals surface area contributed by atoms with Gasteiger partial charge in [-0.25, -0.2) is 9.97 Å². The van der Waals surface area contributed by atoms with E-state index < -0.39 is 0 Å². The first-order chi connectivity index (χ1) is 16.4. The molecule has 3 aromatic carbocycles. The molecule has 0 aliphatic heterocycles. The molecule has 158 valence electrons. The van der Waals surface area contributed by atoms with Crippen molar-refractivity contribution in [2.45, 2.75) is 0 Å². The van der Waals surface area contributed by atoms with Gasteiger partial charge in [0.2, 0.25) is 5.28 Å². The van der Waals surface area contributed by atoms with Crippen molar-refractivity contribution >= 4 is 191 Å². The summed E-state index contributed by atoms with van der Waals surface area (Å²) in [7, 11) is 24.0. The van der Waals surface area contributed by atoms with Gasteiger partial charge in [0.25, 0.3) is 0 Å². The molecule has 0 atom stereocenters. The highest BCUT2D eigenvalue weighted by Crippen LogP contribution is 2.33. The standard InChI is InChI=1S/C20H22B11ClN2O/c21-5-1-2-6(22)10(26)13(29)15(31)19(2)35-18(1)4(8(24)9(5)25)16-3-7(23)11(27)12(28)14(30)17(3)34-20(32)33-16/h21-31H2. The van der Waals surface area contributed by atoms with Crippen LogP contribution in [0, 0.1) is 0 Å². The molecule has 5 aromatic rings. The Bertz CT molecular complexity index is 1780. The zero-order valence-corrected chi connectivity index (χ0v) is 23.4. The molecule has 2 heterocycles. The number of fused-ring (bicyclic) bond motifs is 4. The minimum atomic E-state index is 0.263. The molecule has 15 heteroatoms. The third-order valence-electron chi connectivity index (χ3n) is 8.95. The van der Waals surface area contributed by atoms with Crippen LogP contribution >= 0.6 is 11.6 Å². The van der Waals surface area contributed by atoms with Gasteiger partial charge in [-0.05, 0) is 11.6 Å². The predicted octanol–water partition coefficient (Wildman–Crippen LogP) is -13.3. The number of rotatable bonds is 1. The summed E-state index contributed by atoms with van der Waals surface area (Å²) in [4.78, 5) is 9.56. The van der Waals surface area contributed by atoms with Gasteiger partial charge in [-0.3, -0.25) is 0 Å². The number of nitrogens with zero attached hydrogens (tertiary/aromatic N) is 2. The molecule has 35 heavy (non-hydrogen) atoms. The highest BCUT2D eigenvalue weighted by molar-refractivity contribution is 6.70. The van der Waals surface area contributed by atoms with Crippen molar-refractivity contribution in [3.8, 4) is 11.3 Å². The normalized spacial score (nSPS) is 11.7. The van der Waals surface area contributed by atoms with Gasteiger partial charge in [0, 0.05) is 21.7 Å². The monoisotopic (exact) mass is 462 g/mol. The summed E-state index contributed by atoms with van der Waals surface area (Å²) in [5.41, 5.74) is 18.3. The Morgan fingerprint density at radius 2 is 0.914 bits per heavy atom. The van der Waals surface area contributed by atoms with Crippen LogP contribution in [0.15, 0.2) is 4.42 Å². The van der Waals surface area contributed by atoms with Gasteiger partial charge in [-0.1, -0.05) is 49.2 Å². The van der Waals surface area contributed by atoms with Crippen molar-refractivity contribution in [2.24, 2.45) is 0 Å². The van der Waals surface area contributed by atoms with Gasteiger partial charge in [-0.2, -0.15) is 0 Å². The lowest BCUT2D eigenvalue weighted by Gasteiger charge is -2.20. The lowest BCUT2D eigenvalue weighted by atomic mass is 9.63. The molecule has 0 bridgehead atoms. The lowest BCUT2D eigenvalue weighted by molar-refractivity contribution is 0.673. The van der Waals surface area contributed by atoms with Crippen LogP contribution in [-0.2, 0) is 0 Å². The summed E-state index contributed by atoms with van der Waals surface area (Å²) < 4.78 is 6.81. The zero-order chi connectivity index (χ0) is 25.7. The van der Waals surface area contributed by atoms with E-state index in [0.29, 0.717) is 0 Å². The van der Waals surface area contributed by atoms with Crippen LogP contribution in [0.5, 0.6) is 0 Å². The molecule has 0 aliphatic rings. The fourth-order valence-corrected chi connectivity index (χ4v) is 5.96. The molecule has 0 unspecified atom stereocenters. The van der Waals surface area contributed by atoms with E-state index in [0.717, 1.165) is 38.8 Å². The van der Waals surface area contributed by atoms with Crippen molar-refractivity contribution in [2.75, 3.05) is 0 Å². The van der Waals surface area contributed by atoms with Crippen LogP contribution in [-0.4, -0.2) is 96.3 Å². The summed E-state index contributed by atoms with van der Waals surface area (Å²) in [6.45, 7) is 0. The summed E-state index contributed by atoms with van der Waals surface area (Å²) in [6, 6.07) is 0. The van der Waals surface area contributed by atoms with Gasteiger partial charge in [0.1, 0.15) is 97.5 Å². The SMILES string of the molecule is Bc1c(B)c(B)c2c(-c3c(B)c(B)c(B)c4c3oc3c(B)c(B)c(B)c(B)c34)nc(Cl)nc2c1B. The first-order valence-electron chi connectivity index (χ1n) is 12.2. The maximum atomic E-state index is 6.81. The quantitative estimate of drug-likeness (QED) is 0.184. The smallest absolute Gasteiger partial charge is 0.223 e. The molecule has 5 rings (SSSR count). The van der Waals surface area contributed by atoms with Gasteiger partial charge in [0.05, 0.1) is 11.2 Å². The van der Waals surface area contributed by atoms with Gasteiger partial charge in [-0.15, -0.1) is 10.9 Å². The van der Waals surface area contributed by atoms with Crippen molar-refractivity contribution in [1.29, 1.82) is 0 Å². The largest absolute Gasteiger partial charge is 0.456 e. The van der Waals surface area contributed by atoms with Gasteiger partial charge in [0.15, 0.2) is 0 Å². The Morgan fingerprint density at radius 1 is 0.457 bits per heavy atom. The second-order valence-electron chi connectivity index (χ2n) is 10.3. The Labute approximate surface area is 221 Å². The number of halogens is 1. The van der Waals surface area contributed by atoms with Crippen molar-refractivity contribution in [1.82, 2.24) is 9.97 Å². The third kappa shape index (κ3) is 3.21. The molecule has 0 fully saturated rings. The minimum absolute atomic E-state index is 0.263. The average molecular weight is 461 g/mol. The fourth-order valence-electron chi connectivity index (χ4n) is 5.79. The van der Waals surface area contributed by atoms with Crippen LogP contribution in [0.4, 0.5) is 0 Å². The van der Waals surface area contributed by atoms with E-state index in [1.54, 1.807) is 0 Å².